The maximum absolute atomic E-state index is 5.43. The summed E-state index contributed by atoms with van der Waals surface area (Å²) >= 11 is 0. The lowest BCUT2D eigenvalue weighted by molar-refractivity contribution is 0.152. The highest BCUT2D eigenvalue weighted by Crippen LogP contribution is 2.43. The largest absolute Gasteiger partial charge is 0.496 e. The van der Waals surface area contributed by atoms with E-state index in [1.807, 2.05) is 12.1 Å². The van der Waals surface area contributed by atoms with Gasteiger partial charge in [0.2, 0.25) is 0 Å². The fourth-order valence-electron chi connectivity index (χ4n) is 3.34. The molecule has 0 heterocycles. The highest BCUT2D eigenvalue weighted by atomic mass is 16.5. The summed E-state index contributed by atoms with van der Waals surface area (Å²) in [5, 5.41) is 3.75. The third kappa shape index (κ3) is 1.95. The van der Waals surface area contributed by atoms with Gasteiger partial charge in [-0.3, -0.25) is 0 Å². The quantitative estimate of drug-likeness (QED) is 0.819. The molecule has 2 nitrogen and oxygen atoms in total. The molecule has 0 spiro atoms. The Bertz CT molecular complexity index is 454. The fraction of sp³-hybridized carbons (Fsp3) is 0.500. The van der Waals surface area contributed by atoms with Gasteiger partial charge >= 0.3 is 0 Å². The Hall–Kier alpha value is -1.28. The van der Waals surface area contributed by atoms with Crippen molar-refractivity contribution < 1.29 is 4.74 Å². The number of ether oxygens (including phenoxy) is 1. The van der Waals surface area contributed by atoms with E-state index in [0.29, 0.717) is 12.1 Å². The molecule has 1 aromatic carbocycles. The first-order valence-electron chi connectivity index (χ1n) is 6.85. The van der Waals surface area contributed by atoms with Crippen molar-refractivity contribution in [1.29, 1.82) is 0 Å². The number of rotatable bonds is 4. The molecule has 1 aromatic rings. The van der Waals surface area contributed by atoms with Crippen LogP contribution >= 0.6 is 0 Å². The summed E-state index contributed by atoms with van der Waals surface area (Å²) in [5.41, 5.74) is 1.26. The van der Waals surface area contributed by atoms with E-state index in [-0.39, 0.29) is 0 Å². The van der Waals surface area contributed by atoms with E-state index in [1.54, 1.807) is 7.11 Å². The monoisotopic (exact) mass is 243 g/mol. The molecule has 1 fully saturated rings. The predicted octanol–water partition coefficient (Wildman–Crippen LogP) is 3.31. The van der Waals surface area contributed by atoms with Crippen LogP contribution in [0.3, 0.4) is 0 Å². The number of para-hydroxylation sites is 1. The topological polar surface area (TPSA) is 21.3 Å². The Morgan fingerprint density at radius 2 is 2.17 bits per heavy atom. The number of fused-ring (bicyclic) bond motifs is 1. The molecule has 18 heavy (non-hydrogen) atoms. The van der Waals surface area contributed by atoms with Gasteiger partial charge in [0.05, 0.1) is 7.11 Å². The van der Waals surface area contributed by atoms with Crippen molar-refractivity contribution in [3.63, 3.8) is 0 Å². The lowest BCUT2D eigenvalue weighted by Gasteiger charge is -2.42. The van der Waals surface area contributed by atoms with Gasteiger partial charge in [0.1, 0.15) is 5.75 Å². The van der Waals surface area contributed by atoms with Gasteiger partial charge in [-0.25, -0.2) is 0 Å². The third-order valence-corrected chi connectivity index (χ3v) is 4.43. The van der Waals surface area contributed by atoms with Gasteiger partial charge in [-0.2, -0.15) is 0 Å². The van der Waals surface area contributed by atoms with Crippen LogP contribution in [0.1, 0.15) is 31.4 Å². The zero-order valence-electron chi connectivity index (χ0n) is 11.1. The predicted molar refractivity (Wildman–Crippen MR) is 73.7 cm³/mol. The Morgan fingerprint density at radius 1 is 1.33 bits per heavy atom. The number of methoxy groups -OCH3 is 1. The van der Waals surface area contributed by atoms with E-state index in [1.165, 1.54) is 18.4 Å². The summed E-state index contributed by atoms with van der Waals surface area (Å²) in [6.45, 7) is 2.23. The molecule has 96 valence electrons. The van der Waals surface area contributed by atoms with Crippen molar-refractivity contribution in [2.24, 2.45) is 11.8 Å². The summed E-state index contributed by atoms with van der Waals surface area (Å²) in [6, 6.07) is 9.28. The van der Waals surface area contributed by atoms with E-state index < -0.39 is 0 Å². The van der Waals surface area contributed by atoms with Crippen LogP contribution in [-0.2, 0) is 0 Å². The van der Waals surface area contributed by atoms with Gasteiger partial charge in [-0.1, -0.05) is 30.4 Å². The van der Waals surface area contributed by atoms with Crippen LogP contribution in [0.4, 0.5) is 0 Å². The van der Waals surface area contributed by atoms with Crippen LogP contribution in [0.15, 0.2) is 36.4 Å². The Morgan fingerprint density at radius 3 is 2.94 bits per heavy atom. The van der Waals surface area contributed by atoms with Crippen LogP contribution in [0, 0.1) is 11.8 Å². The zero-order valence-corrected chi connectivity index (χ0v) is 11.1. The van der Waals surface area contributed by atoms with Crippen LogP contribution in [0.5, 0.6) is 5.75 Å². The Kier molecular flexibility index (Phi) is 3.13. The average molecular weight is 243 g/mol. The third-order valence-electron chi connectivity index (χ3n) is 4.43. The van der Waals surface area contributed by atoms with E-state index in [0.717, 1.165) is 17.6 Å². The molecule has 0 amide bonds. The maximum Gasteiger partial charge on any atom is 0.123 e. The Balaban J connectivity index is 1.67. The summed E-state index contributed by atoms with van der Waals surface area (Å²) in [4.78, 5) is 0. The summed E-state index contributed by atoms with van der Waals surface area (Å²) in [7, 11) is 1.74. The summed E-state index contributed by atoms with van der Waals surface area (Å²) in [6.07, 6.45) is 7.33. The minimum absolute atomic E-state index is 0.348. The van der Waals surface area contributed by atoms with E-state index >= 15 is 0 Å². The van der Waals surface area contributed by atoms with Crippen molar-refractivity contribution in [2.75, 3.05) is 7.11 Å². The second-order valence-electron chi connectivity index (χ2n) is 5.47. The summed E-state index contributed by atoms with van der Waals surface area (Å²) in [5.74, 6) is 2.66. The molecule has 2 aliphatic rings. The maximum atomic E-state index is 5.43. The zero-order chi connectivity index (χ0) is 12.5. The molecule has 4 atom stereocenters. The van der Waals surface area contributed by atoms with E-state index in [2.05, 4.69) is 36.5 Å². The molecule has 2 aliphatic carbocycles. The van der Waals surface area contributed by atoms with Crippen molar-refractivity contribution in [3.05, 3.63) is 42.0 Å². The van der Waals surface area contributed by atoms with E-state index in [9.17, 15) is 0 Å². The summed E-state index contributed by atoms with van der Waals surface area (Å²) < 4.78 is 5.43. The van der Waals surface area contributed by atoms with Gasteiger partial charge in [0.15, 0.2) is 0 Å². The number of benzene rings is 1. The normalized spacial score (nSPS) is 30.7. The second kappa shape index (κ2) is 4.77. The number of allylic oxidation sites excluding steroid dienone is 1. The molecule has 1 saturated carbocycles. The number of hydrogen-bond acceptors (Lipinski definition) is 2. The molecule has 0 bridgehead atoms. The molecule has 3 unspecified atom stereocenters. The van der Waals surface area contributed by atoms with Crippen molar-refractivity contribution in [3.8, 4) is 5.75 Å². The van der Waals surface area contributed by atoms with Gasteiger partial charge in [-0.05, 0) is 37.7 Å². The van der Waals surface area contributed by atoms with Gasteiger partial charge in [0, 0.05) is 17.6 Å². The molecule has 1 N–H and O–H groups in total. The number of hydrogen-bond donors (Lipinski definition) is 1. The van der Waals surface area contributed by atoms with Crippen LogP contribution in [0.2, 0.25) is 0 Å². The van der Waals surface area contributed by atoms with Gasteiger partial charge < -0.3 is 10.1 Å². The lowest BCUT2D eigenvalue weighted by atomic mass is 9.71. The first kappa shape index (κ1) is 11.8. The van der Waals surface area contributed by atoms with Crippen molar-refractivity contribution in [2.45, 2.75) is 31.8 Å². The molecule has 3 rings (SSSR count). The first-order valence-corrected chi connectivity index (χ1v) is 6.85. The van der Waals surface area contributed by atoms with Crippen LogP contribution < -0.4 is 10.1 Å². The van der Waals surface area contributed by atoms with Crippen molar-refractivity contribution >= 4 is 0 Å². The first-order chi connectivity index (χ1) is 8.79. The minimum Gasteiger partial charge on any atom is -0.496 e. The smallest absolute Gasteiger partial charge is 0.123 e. The molecular weight excluding hydrogens is 222 g/mol. The van der Waals surface area contributed by atoms with Crippen LogP contribution in [0.25, 0.3) is 0 Å². The van der Waals surface area contributed by atoms with E-state index in [4.69, 9.17) is 4.74 Å². The molecule has 0 aliphatic heterocycles. The Labute approximate surface area is 109 Å². The molecule has 0 aromatic heterocycles. The fourth-order valence-corrected chi connectivity index (χ4v) is 3.34. The minimum atomic E-state index is 0.348. The molecule has 0 radical (unpaired) electrons. The molecule has 0 saturated heterocycles. The highest BCUT2D eigenvalue weighted by Gasteiger charge is 2.41. The lowest BCUT2D eigenvalue weighted by Crippen LogP contribution is -2.48. The van der Waals surface area contributed by atoms with Gasteiger partial charge in [0.25, 0.3) is 0 Å². The number of nitrogens with one attached hydrogen (secondary N) is 1. The SMILES string of the molecule is COc1ccccc1[C@@H](C)NC1CC2CC=CC21. The molecular formula is C16H21NO. The van der Waals surface area contributed by atoms with Gasteiger partial charge in [-0.15, -0.1) is 0 Å². The molecule has 2 heteroatoms. The second-order valence-corrected chi connectivity index (χ2v) is 5.47. The van der Waals surface area contributed by atoms with Crippen LogP contribution in [-0.4, -0.2) is 13.2 Å². The average Bonchev–Trinajstić information content (AvgIpc) is 2.77. The highest BCUT2D eigenvalue weighted by molar-refractivity contribution is 5.35. The standard InChI is InChI=1S/C16H21NO/c1-11(13-7-3-4-9-16(13)18-2)17-15-10-12-6-5-8-14(12)15/h3-5,7-9,11-12,14-15,17H,6,10H2,1-2H3/t11-,12?,14?,15?/m1/s1. The van der Waals surface area contributed by atoms with Crippen molar-refractivity contribution in [1.82, 2.24) is 5.32 Å².